The molecule has 1 heterocycles. The van der Waals surface area contributed by atoms with Crippen LogP contribution in [0.2, 0.25) is 0 Å². The molecule has 1 amide bonds. The Morgan fingerprint density at radius 2 is 2.24 bits per heavy atom. The summed E-state index contributed by atoms with van der Waals surface area (Å²) < 4.78 is 1.69. The monoisotopic (exact) mass is 260 g/mol. The van der Waals surface area contributed by atoms with E-state index in [9.17, 15) is 4.79 Å². The van der Waals surface area contributed by atoms with Crippen molar-refractivity contribution in [3.05, 3.63) is 18.0 Å². The first-order valence-corrected chi connectivity index (χ1v) is 5.54. The van der Waals surface area contributed by atoms with Gasteiger partial charge < -0.3 is 10.6 Å². The van der Waals surface area contributed by atoms with Gasteiger partial charge in [-0.05, 0) is 20.4 Å². The fraction of sp³-hybridized carbons (Fsp3) is 0.636. The lowest BCUT2D eigenvalue weighted by atomic mass is 10.1. The van der Waals surface area contributed by atoms with Gasteiger partial charge in [0.2, 0.25) is 5.91 Å². The predicted molar refractivity (Wildman–Crippen MR) is 70.2 cm³/mol. The van der Waals surface area contributed by atoms with Crippen LogP contribution in [0.3, 0.4) is 0 Å². The number of likely N-dealkylation sites (N-methyl/N-ethyl adjacent to an activating group) is 1. The van der Waals surface area contributed by atoms with E-state index in [1.54, 1.807) is 17.9 Å². The topological polar surface area (TPSA) is 59.0 Å². The first kappa shape index (κ1) is 15.9. The number of halogens is 1. The summed E-state index contributed by atoms with van der Waals surface area (Å²) in [5.74, 6) is -0.00940. The Morgan fingerprint density at radius 3 is 2.65 bits per heavy atom. The summed E-state index contributed by atoms with van der Waals surface area (Å²) >= 11 is 0. The number of hydrogen-bond donors (Lipinski definition) is 2. The van der Waals surface area contributed by atoms with Crippen LogP contribution in [0.25, 0.3) is 0 Å². The zero-order valence-electron chi connectivity index (χ0n) is 10.7. The van der Waals surface area contributed by atoms with Crippen LogP contribution in [0.5, 0.6) is 0 Å². The van der Waals surface area contributed by atoms with Crippen molar-refractivity contribution in [2.75, 3.05) is 7.05 Å². The molecule has 1 rings (SSSR count). The zero-order chi connectivity index (χ0) is 12.1. The van der Waals surface area contributed by atoms with E-state index < -0.39 is 0 Å². The molecule has 2 N–H and O–H groups in total. The maximum absolute atomic E-state index is 11.9. The minimum atomic E-state index is -0.331. The van der Waals surface area contributed by atoms with Crippen LogP contribution in [0.15, 0.2) is 12.4 Å². The van der Waals surface area contributed by atoms with Gasteiger partial charge in [-0.3, -0.25) is 9.48 Å². The van der Waals surface area contributed by atoms with E-state index in [1.807, 2.05) is 27.1 Å². The molecule has 0 radical (unpaired) electrons. The second-order valence-corrected chi connectivity index (χ2v) is 3.99. The smallest absolute Gasteiger partial charge is 0.242 e. The third-order valence-corrected chi connectivity index (χ3v) is 2.61. The number of carbonyl (C=O) groups excluding carboxylic acids is 1. The number of amides is 1. The van der Waals surface area contributed by atoms with Gasteiger partial charge in [0.25, 0.3) is 0 Å². The van der Waals surface area contributed by atoms with E-state index in [4.69, 9.17) is 0 Å². The van der Waals surface area contributed by atoms with Crippen molar-refractivity contribution in [3.8, 4) is 0 Å². The molecule has 2 unspecified atom stereocenters. The summed E-state index contributed by atoms with van der Waals surface area (Å²) in [7, 11) is 3.61. The van der Waals surface area contributed by atoms with E-state index in [-0.39, 0.29) is 30.4 Å². The van der Waals surface area contributed by atoms with Gasteiger partial charge in [-0.1, -0.05) is 6.92 Å². The minimum Gasteiger partial charge on any atom is -0.352 e. The Labute approximate surface area is 108 Å². The second-order valence-electron chi connectivity index (χ2n) is 3.99. The lowest BCUT2D eigenvalue weighted by Crippen LogP contribution is -2.40. The molecular formula is C11H21ClN4O. The minimum absolute atomic E-state index is 0. The van der Waals surface area contributed by atoms with Crippen molar-refractivity contribution >= 4 is 18.3 Å². The van der Waals surface area contributed by atoms with Gasteiger partial charge in [-0.25, -0.2) is 0 Å². The van der Waals surface area contributed by atoms with Crippen molar-refractivity contribution in [1.82, 2.24) is 20.4 Å². The largest absolute Gasteiger partial charge is 0.352 e. The Bertz CT molecular complexity index is 353. The van der Waals surface area contributed by atoms with Crippen LogP contribution in [0.4, 0.5) is 0 Å². The molecule has 0 aromatic carbocycles. The van der Waals surface area contributed by atoms with E-state index in [1.165, 1.54) is 0 Å². The molecule has 2 atom stereocenters. The molecule has 0 saturated heterocycles. The Balaban J connectivity index is 0.00000256. The average Bonchev–Trinajstić information content (AvgIpc) is 2.65. The Hall–Kier alpha value is -1.07. The van der Waals surface area contributed by atoms with Crippen LogP contribution in [0, 0.1) is 0 Å². The molecule has 1 aromatic heterocycles. The molecule has 0 aliphatic rings. The molecule has 1 aromatic rings. The fourth-order valence-corrected chi connectivity index (χ4v) is 1.47. The average molecular weight is 261 g/mol. The summed E-state index contributed by atoms with van der Waals surface area (Å²) in [6.07, 6.45) is 4.48. The van der Waals surface area contributed by atoms with Crippen molar-refractivity contribution in [3.63, 3.8) is 0 Å². The van der Waals surface area contributed by atoms with Gasteiger partial charge >= 0.3 is 0 Å². The Morgan fingerprint density at radius 1 is 1.59 bits per heavy atom. The summed E-state index contributed by atoms with van der Waals surface area (Å²) in [5, 5.41) is 10.0. The van der Waals surface area contributed by atoms with E-state index >= 15 is 0 Å². The third-order valence-electron chi connectivity index (χ3n) is 2.61. The van der Waals surface area contributed by atoms with Crippen molar-refractivity contribution in [2.24, 2.45) is 7.05 Å². The molecule has 0 bridgehead atoms. The molecule has 0 fully saturated rings. The van der Waals surface area contributed by atoms with Crippen LogP contribution in [0.1, 0.15) is 31.9 Å². The molecule has 0 aliphatic heterocycles. The molecule has 98 valence electrons. The van der Waals surface area contributed by atoms with Crippen molar-refractivity contribution < 1.29 is 4.79 Å². The highest BCUT2D eigenvalue weighted by Gasteiger charge is 2.20. The first-order chi connectivity index (χ1) is 7.58. The molecule has 0 saturated carbocycles. The number of nitrogens with one attached hydrogen (secondary N) is 2. The standard InChI is InChI=1S/C11H20N4O.ClH/c1-5-8(2)14-11(16)10(12-3)9-6-13-15(4)7-9;/h6-8,10,12H,5H2,1-4H3,(H,14,16);1H. The summed E-state index contributed by atoms with van der Waals surface area (Å²) in [6.45, 7) is 4.04. The number of nitrogens with zero attached hydrogens (tertiary/aromatic N) is 2. The molecule has 0 spiro atoms. The highest BCUT2D eigenvalue weighted by molar-refractivity contribution is 5.85. The fourth-order valence-electron chi connectivity index (χ4n) is 1.47. The molecule has 0 aliphatic carbocycles. The molecular weight excluding hydrogens is 240 g/mol. The molecule has 17 heavy (non-hydrogen) atoms. The normalized spacial score (nSPS) is 13.6. The van der Waals surface area contributed by atoms with Gasteiger partial charge in [0.15, 0.2) is 0 Å². The summed E-state index contributed by atoms with van der Waals surface area (Å²) in [5.41, 5.74) is 0.880. The lowest BCUT2D eigenvalue weighted by Gasteiger charge is -2.17. The zero-order valence-corrected chi connectivity index (χ0v) is 11.5. The predicted octanol–water partition coefficient (Wildman–Crippen LogP) is 1.02. The van der Waals surface area contributed by atoms with Crippen molar-refractivity contribution in [2.45, 2.75) is 32.4 Å². The van der Waals surface area contributed by atoms with Crippen LogP contribution in [-0.4, -0.2) is 28.8 Å². The van der Waals surface area contributed by atoms with E-state index in [0.717, 1.165) is 12.0 Å². The van der Waals surface area contributed by atoms with Gasteiger partial charge in [0.1, 0.15) is 6.04 Å². The molecule has 5 nitrogen and oxygen atoms in total. The maximum Gasteiger partial charge on any atom is 0.242 e. The first-order valence-electron chi connectivity index (χ1n) is 5.54. The van der Waals surface area contributed by atoms with Gasteiger partial charge in [-0.2, -0.15) is 5.10 Å². The van der Waals surface area contributed by atoms with Gasteiger partial charge in [0.05, 0.1) is 6.20 Å². The van der Waals surface area contributed by atoms with Crippen LogP contribution in [-0.2, 0) is 11.8 Å². The third kappa shape index (κ3) is 4.36. The summed E-state index contributed by atoms with van der Waals surface area (Å²) in [4.78, 5) is 11.9. The SMILES string of the molecule is CCC(C)NC(=O)C(NC)c1cnn(C)c1.Cl. The van der Waals surface area contributed by atoms with Gasteiger partial charge in [-0.15, -0.1) is 12.4 Å². The van der Waals surface area contributed by atoms with Gasteiger partial charge in [0, 0.05) is 24.8 Å². The van der Waals surface area contributed by atoms with Crippen LogP contribution >= 0.6 is 12.4 Å². The molecule has 6 heteroatoms. The lowest BCUT2D eigenvalue weighted by molar-refractivity contribution is -0.123. The number of aryl methyl sites for hydroxylation is 1. The second kappa shape index (κ2) is 7.29. The number of carbonyl (C=O) groups is 1. The highest BCUT2D eigenvalue weighted by atomic mass is 35.5. The highest BCUT2D eigenvalue weighted by Crippen LogP contribution is 2.11. The van der Waals surface area contributed by atoms with Crippen LogP contribution < -0.4 is 10.6 Å². The quantitative estimate of drug-likeness (QED) is 0.831. The summed E-state index contributed by atoms with van der Waals surface area (Å²) in [6, 6.07) is -0.136. The number of aromatic nitrogens is 2. The van der Waals surface area contributed by atoms with E-state index in [0.29, 0.717) is 0 Å². The van der Waals surface area contributed by atoms with E-state index in [2.05, 4.69) is 15.7 Å². The Kier molecular flexibility index (Phi) is 6.83. The maximum atomic E-state index is 11.9. The number of hydrogen-bond acceptors (Lipinski definition) is 3. The van der Waals surface area contributed by atoms with Crippen molar-refractivity contribution in [1.29, 1.82) is 0 Å². The number of rotatable bonds is 5.